The van der Waals surface area contributed by atoms with E-state index < -0.39 is 33.7 Å². The minimum atomic E-state index is -3.80. The molecule has 9 nitrogen and oxygen atoms in total. The lowest BCUT2D eigenvalue weighted by Crippen LogP contribution is -2.52. The maximum Gasteiger partial charge on any atom is 0.408 e. The molecule has 224 valence electrons. The summed E-state index contributed by atoms with van der Waals surface area (Å²) in [6.07, 6.45) is -2.35. The summed E-state index contributed by atoms with van der Waals surface area (Å²) < 4.78 is 51.1. The molecule has 2 aromatic rings. The first-order valence-electron chi connectivity index (χ1n) is 14.0. The van der Waals surface area contributed by atoms with Gasteiger partial charge < -0.3 is 24.6 Å². The number of sulfone groups is 1. The number of carbonyl (C=O) groups is 2. The fourth-order valence-electron chi connectivity index (χ4n) is 5.37. The number of alkyl carbamates (subject to hydrolysis) is 1. The lowest BCUT2D eigenvalue weighted by molar-refractivity contribution is -0.143. The van der Waals surface area contributed by atoms with Crippen molar-refractivity contribution in [1.82, 2.24) is 10.2 Å². The Morgan fingerprint density at radius 3 is 2.44 bits per heavy atom. The Morgan fingerprint density at radius 2 is 1.78 bits per heavy atom. The number of fused-ring (bicyclic) bond motifs is 1. The number of benzene rings is 2. The highest BCUT2D eigenvalue weighted by atomic mass is 32.2. The molecule has 11 heteroatoms. The fourth-order valence-corrected chi connectivity index (χ4v) is 6.86. The van der Waals surface area contributed by atoms with Crippen molar-refractivity contribution in [2.75, 3.05) is 50.0 Å². The van der Waals surface area contributed by atoms with E-state index in [1.165, 1.54) is 11.0 Å². The second kappa shape index (κ2) is 12.8. The molecule has 0 saturated carbocycles. The fraction of sp³-hybridized carbons (Fsp3) is 0.533. The molecule has 2 amide bonds. The number of morpholine rings is 1. The van der Waals surface area contributed by atoms with Crippen LogP contribution < -0.4 is 10.2 Å². The van der Waals surface area contributed by atoms with Crippen LogP contribution in [0.25, 0.3) is 0 Å². The van der Waals surface area contributed by atoms with Crippen LogP contribution in [0.4, 0.5) is 14.9 Å². The van der Waals surface area contributed by atoms with Crippen LogP contribution in [0.1, 0.15) is 38.8 Å². The lowest BCUT2D eigenvalue weighted by Gasteiger charge is -2.32. The Labute approximate surface area is 241 Å². The third-order valence-electron chi connectivity index (χ3n) is 7.62. The first-order chi connectivity index (χ1) is 19.3. The first-order valence-corrected chi connectivity index (χ1v) is 15.8. The van der Waals surface area contributed by atoms with Gasteiger partial charge in [-0.15, -0.1) is 0 Å². The molecule has 1 fully saturated rings. The predicted molar refractivity (Wildman–Crippen MR) is 155 cm³/mol. The standard InChI is InChI=1S/C30H40FN3O6S/c1-21(2)25(17-34-20-30(3,4)24-16-23(31)10-11-26(24)34)32-29(36)40-27(28(35)33-12-14-39-15-13-33)19-41(37,38)18-22-8-6-5-7-9-22/h5-11,16,21,25,27H,12-15,17-20H2,1-4H3,(H,32,36). The molecular formula is C30H40FN3O6S. The zero-order valence-corrected chi connectivity index (χ0v) is 25.0. The normalized spacial score (nSPS) is 18.1. The van der Waals surface area contributed by atoms with Crippen molar-refractivity contribution in [3.63, 3.8) is 0 Å². The molecule has 0 aliphatic carbocycles. The minimum absolute atomic E-state index is 0.00892. The number of nitrogens with one attached hydrogen (secondary N) is 1. The monoisotopic (exact) mass is 589 g/mol. The van der Waals surface area contributed by atoms with Gasteiger partial charge in [-0.1, -0.05) is 58.0 Å². The van der Waals surface area contributed by atoms with Crippen molar-refractivity contribution >= 4 is 27.5 Å². The molecule has 1 saturated heterocycles. The lowest BCUT2D eigenvalue weighted by atomic mass is 9.87. The van der Waals surface area contributed by atoms with Crippen LogP contribution in [0.5, 0.6) is 0 Å². The molecule has 2 aliphatic heterocycles. The quantitative estimate of drug-likeness (QED) is 0.452. The Morgan fingerprint density at radius 1 is 1.10 bits per heavy atom. The molecule has 2 aromatic carbocycles. The smallest absolute Gasteiger partial charge is 0.408 e. The molecule has 0 radical (unpaired) electrons. The third kappa shape index (κ3) is 7.97. The number of carbonyl (C=O) groups excluding carboxylic acids is 2. The molecule has 41 heavy (non-hydrogen) atoms. The zero-order chi connectivity index (χ0) is 29.8. The number of anilines is 1. The maximum absolute atomic E-state index is 14.0. The number of hydrogen-bond donors (Lipinski definition) is 1. The highest BCUT2D eigenvalue weighted by molar-refractivity contribution is 7.90. The molecule has 2 atom stereocenters. The average molecular weight is 590 g/mol. The summed E-state index contributed by atoms with van der Waals surface area (Å²) in [4.78, 5) is 30.1. The Kier molecular flexibility index (Phi) is 9.59. The van der Waals surface area contributed by atoms with Gasteiger partial charge in [0.1, 0.15) is 5.82 Å². The molecule has 2 heterocycles. The molecular weight excluding hydrogens is 549 g/mol. The summed E-state index contributed by atoms with van der Waals surface area (Å²) in [5.41, 5.74) is 2.12. The summed E-state index contributed by atoms with van der Waals surface area (Å²) in [5, 5.41) is 2.87. The number of amides is 2. The van der Waals surface area contributed by atoms with E-state index in [1.54, 1.807) is 42.5 Å². The highest BCUT2D eigenvalue weighted by Gasteiger charge is 2.38. The van der Waals surface area contributed by atoms with Gasteiger partial charge in [-0.25, -0.2) is 17.6 Å². The van der Waals surface area contributed by atoms with Crippen LogP contribution in [0.15, 0.2) is 48.5 Å². The summed E-state index contributed by atoms with van der Waals surface area (Å²) in [5.74, 6) is -1.76. The molecule has 2 unspecified atom stereocenters. The Balaban J connectivity index is 1.48. The number of ether oxygens (including phenoxy) is 2. The first kappa shape index (κ1) is 30.8. The van der Waals surface area contributed by atoms with Gasteiger partial charge >= 0.3 is 6.09 Å². The van der Waals surface area contributed by atoms with Crippen molar-refractivity contribution < 1.29 is 31.9 Å². The van der Waals surface area contributed by atoms with Gasteiger partial charge in [-0.3, -0.25) is 4.79 Å². The van der Waals surface area contributed by atoms with Crippen LogP contribution in [-0.4, -0.2) is 82.6 Å². The van der Waals surface area contributed by atoms with Gasteiger partial charge in [0.05, 0.1) is 30.8 Å². The number of nitrogens with zero attached hydrogens (tertiary/aromatic N) is 2. The van der Waals surface area contributed by atoms with Crippen molar-refractivity contribution in [3.05, 3.63) is 65.5 Å². The van der Waals surface area contributed by atoms with Crippen LogP contribution in [0.3, 0.4) is 0 Å². The summed E-state index contributed by atoms with van der Waals surface area (Å²) in [6.45, 7) is 10.3. The Hall–Kier alpha value is -3.18. The number of hydrogen-bond acceptors (Lipinski definition) is 7. The van der Waals surface area contributed by atoms with E-state index in [-0.39, 0.29) is 28.9 Å². The topological polar surface area (TPSA) is 105 Å². The van der Waals surface area contributed by atoms with Crippen LogP contribution in [0.2, 0.25) is 0 Å². The Bertz CT molecular complexity index is 1330. The third-order valence-corrected chi connectivity index (χ3v) is 9.21. The molecule has 1 N–H and O–H groups in total. The molecule has 2 aliphatic rings. The number of rotatable bonds is 10. The maximum atomic E-state index is 14.0. The molecule has 0 bridgehead atoms. The van der Waals surface area contributed by atoms with Gasteiger partial charge in [-0.2, -0.15) is 0 Å². The molecule has 0 spiro atoms. The van der Waals surface area contributed by atoms with Crippen LogP contribution in [0, 0.1) is 11.7 Å². The second-order valence-electron chi connectivity index (χ2n) is 11.8. The van der Waals surface area contributed by atoms with Gasteiger partial charge in [-0.05, 0) is 35.2 Å². The predicted octanol–water partition coefficient (Wildman–Crippen LogP) is 3.52. The van der Waals surface area contributed by atoms with E-state index in [4.69, 9.17) is 9.47 Å². The van der Waals surface area contributed by atoms with Crippen LogP contribution >= 0.6 is 0 Å². The van der Waals surface area contributed by atoms with Gasteiger partial charge in [0.25, 0.3) is 5.91 Å². The average Bonchev–Trinajstić information content (AvgIpc) is 3.16. The SMILES string of the molecule is CC(C)C(CN1CC(C)(C)c2cc(F)ccc21)NC(=O)OC(CS(=O)(=O)Cc1ccccc1)C(=O)N1CCOCC1. The van der Waals surface area contributed by atoms with E-state index in [0.717, 1.165) is 11.3 Å². The molecule has 0 aromatic heterocycles. The minimum Gasteiger partial charge on any atom is -0.435 e. The van der Waals surface area contributed by atoms with E-state index >= 15 is 0 Å². The highest BCUT2D eigenvalue weighted by Crippen LogP contribution is 2.40. The van der Waals surface area contributed by atoms with Crippen molar-refractivity contribution in [2.45, 2.75) is 51.0 Å². The van der Waals surface area contributed by atoms with Gasteiger partial charge in [0.2, 0.25) is 0 Å². The number of halogens is 1. The van der Waals surface area contributed by atoms with E-state index in [0.29, 0.717) is 45.0 Å². The van der Waals surface area contributed by atoms with Gasteiger partial charge in [0.15, 0.2) is 15.9 Å². The molecule has 4 rings (SSSR count). The van der Waals surface area contributed by atoms with Crippen LogP contribution in [-0.2, 0) is 35.3 Å². The summed E-state index contributed by atoms with van der Waals surface area (Å²) >= 11 is 0. The van der Waals surface area contributed by atoms with E-state index in [9.17, 15) is 22.4 Å². The summed E-state index contributed by atoms with van der Waals surface area (Å²) in [6, 6.07) is 13.0. The van der Waals surface area contributed by atoms with E-state index in [1.807, 2.05) is 13.8 Å². The van der Waals surface area contributed by atoms with Crippen molar-refractivity contribution in [2.24, 2.45) is 5.92 Å². The van der Waals surface area contributed by atoms with Crippen molar-refractivity contribution in [1.29, 1.82) is 0 Å². The van der Waals surface area contributed by atoms with E-state index in [2.05, 4.69) is 24.1 Å². The largest absolute Gasteiger partial charge is 0.435 e. The van der Waals surface area contributed by atoms with Crippen molar-refractivity contribution in [3.8, 4) is 0 Å². The zero-order valence-electron chi connectivity index (χ0n) is 24.1. The second-order valence-corrected chi connectivity index (χ2v) is 13.9. The summed E-state index contributed by atoms with van der Waals surface area (Å²) in [7, 11) is -3.80. The van der Waals surface area contributed by atoms with Gasteiger partial charge in [0, 0.05) is 37.3 Å².